The number of nitrogens with zero attached hydrogens (tertiary/aromatic N) is 1. The summed E-state index contributed by atoms with van der Waals surface area (Å²) in [6, 6.07) is 0. The number of aliphatic hydroxyl groups is 1. The summed E-state index contributed by atoms with van der Waals surface area (Å²) in [6.07, 6.45) is 1.78. The Hall–Kier alpha value is -0.320. The molecule has 0 unspecified atom stereocenters. The highest BCUT2D eigenvalue weighted by atomic mass is 35.5. The molecule has 12 heavy (non-hydrogen) atoms. The van der Waals surface area contributed by atoms with Gasteiger partial charge in [0.2, 0.25) is 0 Å². The average Bonchev–Trinajstić information content (AvgIpc) is 2.45. The van der Waals surface area contributed by atoms with E-state index in [1.54, 1.807) is 5.38 Å². The van der Waals surface area contributed by atoms with Crippen molar-refractivity contribution in [3.63, 3.8) is 0 Å². The molecule has 0 aliphatic rings. The van der Waals surface area contributed by atoms with Crippen LogP contribution >= 0.6 is 22.9 Å². The molecule has 3 nitrogen and oxygen atoms in total. The molecule has 0 atom stereocenters. The summed E-state index contributed by atoms with van der Waals surface area (Å²) in [5.74, 6) is 0. The van der Waals surface area contributed by atoms with Gasteiger partial charge in [-0.1, -0.05) is 11.6 Å². The molecule has 1 heterocycles. The Morgan fingerprint density at radius 3 is 3.00 bits per heavy atom. The van der Waals surface area contributed by atoms with E-state index in [1.165, 1.54) is 11.3 Å². The second kappa shape index (κ2) is 5.35. The van der Waals surface area contributed by atoms with Crippen molar-refractivity contribution in [1.82, 2.24) is 4.98 Å². The maximum atomic E-state index is 8.51. The third-order valence-corrected chi connectivity index (χ3v) is 2.46. The van der Waals surface area contributed by atoms with Crippen molar-refractivity contribution >= 4 is 28.1 Å². The summed E-state index contributed by atoms with van der Waals surface area (Å²) in [4.78, 5) is 4.02. The first-order valence-corrected chi connectivity index (χ1v) is 5.04. The molecular formula is C7H11ClN2OS. The number of aliphatic hydroxyl groups excluding tert-OH is 1. The molecule has 0 aromatic carbocycles. The topological polar surface area (TPSA) is 45.1 Å². The predicted molar refractivity (Wildman–Crippen MR) is 51.9 cm³/mol. The number of unbranched alkanes of at least 4 members (excludes halogenated alkanes) is 1. The highest BCUT2D eigenvalue weighted by Gasteiger charge is 1.96. The summed E-state index contributed by atoms with van der Waals surface area (Å²) in [6.45, 7) is 1.09. The van der Waals surface area contributed by atoms with Crippen LogP contribution in [0.15, 0.2) is 5.38 Å². The van der Waals surface area contributed by atoms with Gasteiger partial charge in [-0.3, -0.25) is 0 Å². The first kappa shape index (κ1) is 9.77. The van der Waals surface area contributed by atoms with E-state index in [2.05, 4.69) is 10.3 Å². The van der Waals surface area contributed by atoms with Crippen LogP contribution in [-0.4, -0.2) is 23.2 Å². The third-order valence-electron chi connectivity index (χ3n) is 1.34. The Morgan fingerprint density at radius 2 is 2.42 bits per heavy atom. The minimum Gasteiger partial charge on any atom is -0.396 e. The van der Waals surface area contributed by atoms with Gasteiger partial charge in [0.1, 0.15) is 5.15 Å². The van der Waals surface area contributed by atoms with Gasteiger partial charge in [0.25, 0.3) is 0 Å². The van der Waals surface area contributed by atoms with Crippen molar-refractivity contribution in [2.45, 2.75) is 12.8 Å². The molecule has 0 radical (unpaired) electrons. The molecule has 2 N–H and O–H groups in total. The first-order chi connectivity index (χ1) is 5.83. The van der Waals surface area contributed by atoms with Crippen molar-refractivity contribution in [2.24, 2.45) is 0 Å². The minimum absolute atomic E-state index is 0.250. The number of hydrogen-bond donors (Lipinski definition) is 2. The Kier molecular flexibility index (Phi) is 4.35. The van der Waals surface area contributed by atoms with Crippen LogP contribution in [0.4, 0.5) is 5.13 Å². The second-order valence-corrected chi connectivity index (χ2v) is 3.58. The largest absolute Gasteiger partial charge is 0.396 e. The zero-order chi connectivity index (χ0) is 8.81. The second-order valence-electron chi connectivity index (χ2n) is 2.33. The van der Waals surface area contributed by atoms with E-state index >= 15 is 0 Å². The van der Waals surface area contributed by atoms with Gasteiger partial charge < -0.3 is 10.4 Å². The number of thiazole rings is 1. The number of anilines is 1. The molecule has 1 aromatic heterocycles. The van der Waals surface area contributed by atoms with Crippen molar-refractivity contribution < 1.29 is 5.11 Å². The molecule has 5 heteroatoms. The van der Waals surface area contributed by atoms with Crippen molar-refractivity contribution in [3.05, 3.63) is 10.5 Å². The van der Waals surface area contributed by atoms with Crippen molar-refractivity contribution in [1.29, 1.82) is 0 Å². The van der Waals surface area contributed by atoms with E-state index in [4.69, 9.17) is 16.7 Å². The van der Waals surface area contributed by atoms with Crippen LogP contribution in [-0.2, 0) is 0 Å². The molecule has 1 aromatic rings. The molecule has 0 aliphatic heterocycles. The SMILES string of the molecule is OCCCCNc1nc(Cl)cs1. The number of nitrogens with one attached hydrogen (secondary N) is 1. The summed E-state index contributed by atoms with van der Waals surface area (Å²) < 4.78 is 0. The quantitative estimate of drug-likeness (QED) is 0.725. The Labute approximate surface area is 80.4 Å². The molecule has 0 bridgehead atoms. The fourth-order valence-electron chi connectivity index (χ4n) is 0.767. The average molecular weight is 207 g/mol. The standard InChI is InChI=1S/C7H11ClN2OS/c8-6-5-12-7(10-6)9-3-1-2-4-11/h5,11H,1-4H2,(H,9,10). The van der Waals surface area contributed by atoms with Crippen molar-refractivity contribution in [2.75, 3.05) is 18.5 Å². The van der Waals surface area contributed by atoms with Crippen LogP contribution in [0.25, 0.3) is 0 Å². The Balaban J connectivity index is 2.15. The number of hydrogen-bond acceptors (Lipinski definition) is 4. The minimum atomic E-state index is 0.250. The smallest absolute Gasteiger partial charge is 0.184 e. The summed E-state index contributed by atoms with van der Waals surface area (Å²) in [5, 5.41) is 14.8. The van der Waals surface area contributed by atoms with E-state index < -0.39 is 0 Å². The lowest BCUT2D eigenvalue weighted by Gasteiger charge is -1.99. The highest BCUT2D eigenvalue weighted by molar-refractivity contribution is 7.14. The molecule has 0 spiro atoms. The molecule has 0 aliphatic carbocycles. The van der Waals surface area contributed by atoms with Gasteiger partial charge in [0, 0.05) is 18.5 Å². The van der Waals surface area contributed by atoms with Crippen LogP contribution in [0.5, 0.6) is 0 Å². The lowest BCUT2D eigenvalue weighted by molar-refractivity contribution is 0.286. The van der Waals surface area contributed by atoms with Crippen LogP contribution in [0, 0.1) is 0 Å². The maximum absolute atomic E-state index is 8.51. The van der Waals surface area contributed by atoms with E-state index in [-0.39, 0.29) is 6.61 Å². The zero-order valence-electron chi connectivity index (χ0n) is 6.59. The molecular weight excluding hydrogens is 196 g/mol. The van der Waals surface area contributed by atoms with Crippen LogP contribution in [0.2, 0.25) is 5.15 Å². The lowest BCUT2D eigenvalue weighted by Crippen LogP contribution is -2.01. The van der Waals surface area contributed by atoms with Gasteiger partial charge in [-0.15, -0.1) is 11.3 Å². The van der Waals surface area contributed by atoms with Gasteiger partial charge in [0.05, 0.1) is 0 Å². The highest BCUT2D eigenvalue weighted by Crippen LogP contribution is 2.18. The van der Waals surface area contributed by atoms with E-state index in [9.17, 15) is 0 Å². The normalized spacial score (nSPS) is 10.2. The van der Waals surface area contributed by atoms with E-state index in [0.29, 0.717) is 5.15 Å². The monoisotopic (exact) mass is 206 g/mol. The maximum Gasteiger partial charge on any atom is 0.184 e. The molecule has 68 valence electrons. The van der Waals surface area contributed by atoms with Gasteiger partial charge in [-0.25, -0.2) is 4.98 Å². The van der Waals surface area contributed by atoms with Gasteiger partial charge in [0.15, 0.2) is 5.13 Å². The summed E-state index contributed by atoms with van der Waals surface area (Å²) >= 11 is 7.11. The third kappa shape index (κ3) is 3.38. The molecule has 0 fully saturated rings. The predicted octanol–water partition coefficient (Wildman–Crippen LogP) is 1.98. The van der Waals surface area contributed by atoms with Gasteiger partial charge in [-0.2, -0.15) is 0 Å². The first-order valence-electron chi connectivity index (χ1n) is 3.78. The molecule has 1 rings (SSSR count). The van der Waals surface area contributed by atoms with E-state index in [0.717, 1.165) is 24.5 Å². The number of aromatic nitrogens is 1. The summed E-state index contributed by atoms with van der Waals surface area (Å²) in [5.41, 5.74) is 0. The zero-order valence-corrected chi connectivity index (χ0v) is 8.16. The molecule has 0 amide bonds. The molecule has 0 saturated carbocycles. The fourth-order valence-corrected chi connectivity index (χ4v) is 1.63. The van der Waals surface area contributed by atoms with Crippen LogP contribution in [0.1, 0.15) is 12.8 Å². The number of rotatable bonds is 5. The van der Waals surface area contributed by atoms with Crippen molar-refractivity contribution in [3.8, 4) is 0 Å². The number of halogens is 1. The fraction of sp³-hybridized carbons (Fsp3) is 0.571. The molecule has 0 saturated heterocycles. The van der Waals surface area contributed by atoms with Crippen LogP contribution < -0.4 is 5.32 Å². The van der Waals surface area contributed by atoms with E-state index in [1.807, 2.05) is 0 Å². The summed E-state index contributed by atoms with van der Waals surface area (Å²) in [7, 11) is 0. The lowest BCUT2D eigenvalue weighted by atomic mass is 10.3. The van der Waals surface area contributed by atoms with Gasteiger partial charge >= 0.3 is 0 Å². The van der Waals surface area contributed by atoms with Gasteiger partial charge in [-0.05, 0) is 12.8 Å². The Morgan fingerprint density at radius 1 is 1.58 bits per heavy atom. The Bertz CT molecular complexity index is 229. The van der Waals surface area contributed by atoms with Crippen LogP contribution in [0.3, 0.4) is 0 Å².